The van der Waals surface area contributed by atoms with Crippen molar-refractivity contribution >= 4 is 5.78 Å². The second kappa shape index (κ2) is 6.04. The van der Waals surface area contributed by atoms with E-state index in [4.69, 9.17) is 0 Å². The van der Waals surface area contributed by atoms with Gasteiger partial charge in [-0.3, -0.25) is 4.79 Å². The van der Waals surface area contributed by atoms with Gasteiger partial charge in [0, 0.05) is 12.3 Å². The highest BCUT2D eigenvalue weighted by Crippen LogP contribution is 2.35. The molecule has 1 nitrogen and oxygen atoms in total. The first-order valence-electron chi connectivity index (χ1n) is 7.92. The number of aryl methyl sites for hydroxylation is 3. The first-order chi connectivity index (χ1) is 10.6. The summed E-state index contributed by atoms with van der Waals surface area (Å²) < 4.78 is 14.3. The molecule has 0 bridgehead atoms. The minimum atomic E-state index is -0.228. The van der Waals surface area contributed by atoms with Crippen molar-refractivity contribution in [1.29, 1.82) is 0 Å². The Labute approximate surface area is 131 Å². The van der Waals surface area contributed by atoms with Gasteiger partial charge in [0.15, 0.2) is 0 Å². The van der Waals surface area contributed by atoms with Crippen molar-refractivity contribution in [3.63, 3.8) is 0 Å². The maximum atomic E-state index is 14.3. The summed E-state index contributed by atoms with van der Waals surface area (Å²) in [6, 6.07) is 11.2. The molecule has 0 spiro atoms. The van der Waals surface area contributed by atoms with E-state index in [0.717, 1.165) is 24.0 Å². The molecule has 0 aromatic heterocycles. The number of rotatable bonds is 4. The zero-order valence-corrected chi connectivity index (χ0v) is 13.2. The number of hydrogen-bond donors (Lipinski definition) is 0. The van der Waals surface area contributed by atoms with E-state index in [1.54, 1.807) is 19.1 Å². The number of carbonyl (C=O) groups is 1. The van der Waals surface area contributed by atoms with E-state index in [1.165, 1.54) is 23.6 Å². The predicted molar refractivity (Wildman–Crippen MR) is 86.7 cm³/mol. The highest BCUT2D eigenvalue weighted by Gasteiger charge is 2.23. The molecule has 0 saturated heterocycles. The maximum Gasteiger partial charge on any atom is 0.130 e. The van der Waals surface area contributed by atoms with Crippen LogP contribution in [0.2, 0.25) is 0 Å². The zero-order chi connectivity index (χ0) is 15.7. The van der Waals surface area contributed by atoms with Crippen molar-refractivity contribution in [2.75, 3.05) is 0 Å². The van der Waals surface area contributed by atoms with E-state index < -0.39 is 0 Å². The Morgan fingerprint density at radius 3 is 2.50 bits per heavy atom. The van der Waals surface area contributed by atoms with E-state index in [-0.39, 0.29) is 17.5 Å². The Morgan fingerprint density at radius 2 is 1.82 bits per heavy atom. The molecular formula is C20H21FO. The fourth-order valence-corrected chi connectivity index (χ4v) is 3.57. The van der Waals surface area contributed by atoms with Gasteiger partial charge in [0.2, 0.25) is 0 Å². The molecule has 0 heterocycles. The average molecular weight is 296 g/mol. The van der Waals surface area contributed by atoms with Crippen LogP contribution in [0.3, 0.4) is 0 Å². The Morgan fingerprint density at radius 1 is 1.14 bits per heavy atom. The van der Waals surface area contributed by atoms with Crippen LogP contribution in [0.15, 0.2) is 36.4 Å². The molecular weight excluding hydrogens is 275 g/mol. The molecule has 0 saturated carbocycles. The van der Waals surface area contributed by atoms with Crippen molar-refractivity contribution in [2.24, 2.45) is 0 Å². The van der Waals surface area contributed by atoms with Gasteiger partial charge in [-0.25, -0.2) is 4.39 Å². The first-order valence-corrected chi connectivity index (χ1v) is 7.92. The van der Waals surface area contributed by atoms with Crippen LogP contribution in [0.4, 0.5) is 4.39 Å². The van der Waals surface area contributed by atoms with Crippen LogP contribution in [0.5, 0.6) is 0 Å². The van der Waals surface area contributed by atoms with Crippen molar-refractivity contribution in [3.05, 3.63) is 70.0 Å². The SMILES string of the molecule is CC(=O)CC(c1cc2c(cc1C)CCC2)c1ccccc1F. The lowest BCUT2D eigenvalue weighted by Crippen LogP contribution is -2.10. The molecule has 0 radical (unpaired) electrons. The molecule has 0 amide bonds. The average Bonchev–Trinajstić information content (AvgIpc) is 2.92. The fraction of sp³-hybridized carbons (Fsp3) is 0.350. The summed E-state index contributed by atoms with van der Waals surface area (Å²) in [6.07, 6.45) is 3.76. The van der Waals surface area contributed by atoms with Crippen LogP contribution in [0.25, 0.3) is 0 Å². The van der Waals surface area contributed by atoms with Crippen LogP contribution in [0, 0.1) is 12.7 Å². The summed E-state index contributed by atoms with van der Waals surface area (Å²) in [6.45, 7) is 3.65. The van der Waals surface area contributed by atoms with E-state index in [0.29, 0.717) is 12.0 Å². The number of Topliss-reactive ketones (excluding diaryl/α,β-unsaturated/α-hetero) is 1. The van der Waals surface area contributed by atoms with E-state index >= 15 is 0 Å². The first kappa shape index (κ1) is 15.0. The number of benzene rings is 2. The summed E-state index contributed by atoms with van der Waals surface area (Å²) in [4.78, 5) is 11.7. The lowest BCUT2D eigenvalue weighted by Gasteiger charge is -2.21. The van der Waals surface area contributed by atoms with Gasteiger partial charge in [-0.1, -0.05) is 30.3 Å². The smallest absolute Gasteiger partial charge is 0.130 e. The second-order valence-electron chi connectivity index (χ2n) is 6.31. The third kappa shape index (κ3) is 2.83. The summed E-state index contributed by atoms with van der Waals surface area (Å²) in [5, 5.41) is 0. The fourth-order valence-electron chi connectivity index (χ4n) is 3.57. The van der Waals surface area contributed by atoms with Crippen LogP contribution in [-0.4, -0.2) is 5.78 Å². The monoisotopic (exact) mass is 296 g/mol. The van der Waals surface area contributed by atoms with E-state index in [2.05, 4.69) is 19.1 Å². The zero-order valence-electron chi connectivity index (χ0n) is 13.2. The largest absolute Gasteiger partial charge is 0.300 e. The molecule has 2 aromatic carbocycles. The van der Waals surface area contributed by atoms with Gasteiger partial charge >= 0.3 is 0 Å². The maximum absolute atomic E-state index is 14.3. The van der Waals surface area contributed by atoms with E-state index in [1.807, 2.05) is 6.07 Å². The van der Waals surface area contributed by atoms with Crippen molar-refractivity contribution in [2.45, 2.75) is 45.4 Å². The standard InChI is InChI=1S/C20H21FO/c1-13-10-15-6-5-7-16(15)12-18(13)19(11-14(2)22)17-8-3-4-9-20(17)21/h3-4,8-10,12,19H,5-7,11H2,1-2H3. The van der Waals surface area contributed by atoms with Crippen LogP contribution >= 0.6 is 0 Å². The van der Waals surface area contributed by atoms with E-state index in [9.17, 15) is 9.18 Å². The molecule has 0 fully saturated rings. The molecule has 0 N–H and O–H groups in total. The lowest BCUT2D eigenvalue weighted by molar-refractivity contribution is -0.117. The Hall–Kier alpha value is -1.96. The normalized spacial score (nSPS) is 14.7. The summed E-state index contributed by atoms with van der Waals surface area (Å²) in [5.41, 5.74) is 5.66. The van der Waals surface area contributed by atoms with Gasteiger partial charge in [0.25, 0.3) is 0 Å². The van der Waals surface area contributed by atoms with Gasteiger partial charge in [-0.05, 0) is 67.0 Å². The molecule has 1 atom stereocenters. The van der Waals surface area contributed by atoms with Crippen molar-refractivity contribution < 1.29 is 9.18 Å². The molecule has 0 aliphatic heterocycles. The highest BCUT2D eigenvalue weighted by atomic mass is 19.1. The minimum absolute atomic E-state index is 0.0909. The third-order valence-electron chi connectivity index (χ3n) is 4.63. The quantitative estimate of drug-likeness (QED) is 0.797. The molecule has 1 unspecified atom stereocenters. The Balaban J connectivity index is 2.11. The number of fused-ring (bicyclic) bond motifs is 1. The minimum Gasteiger partial charge on any atom is -0.300 e. The second-order valence-corrected chi connectivity index (χ2v) is 6.31. The highest BCUT2D eigenvalue weighted by molar-refractivity contribution is 5.77. The van der Waals surface area contributed by atoms with Gasteiger partial charge < -0.3 is 0 Å². The molecule has 2 heteroatoms. The van der Waals surface area contributed by atoms with Gasteiger partial charge in [-0.15, -0.1) is 0 Å². The van der Waals surface area contributed by atoms with Crippen LogP contribution in [-0.2, 0) is 17.6 Å². The molecule has 22 heavy (non-hydrogen) atoms. The topological polar surface area (TPSA) is 17.1 Å². The van der Waals surface area contributed by atoms with Crippen LogP contribution in [0.1, 0.15) is 53.5 Å². The summed E-state index contributed by atoms with van der Waals surface area (Å²) in [7, 11) is 0. The number of carbonyl (C=O) groups excluding carboxylic acids is 1. The van der Waals surface area contributed by atoms with Crippen molar-refractivity contribution in [3.8, 4) is 0 Å². The molecule has 3 rings (SSSR count). The number of halogens is 1. The molecule has 1 aliphatic carbocycles. The predicted octanol–water partition coefficient (Wildman–Crippen LogP) is 4.73. The number of ketones is 1. The van der Waals surface area contributed by atoms with Gasteiger partial charge in [0.05, 0.1) is 0 Å². The Bertz CT molecular complexity index is 718. The number of hydrogen-bond acceptors (Lipinski definition) is 1. The Kier molecular flexibility index (Phi) is 4.10. The van der Waals surface area contributed by atoms with Gasteiger partial charge in [-0.2, -0.15) is 0 Å². The van der Waals surface area contributed by atoms with Crippen LogP contribution < -0.4 is 0 Å². The molecule has 2 aromatic rings. The summed E-state index contributed by atoms with van der Waals surface area (Å²) >= 11 is 0. The van der Waals surface area contributed by atoms with Gasteiger partial charge in [0.1, 0.15) is 11.6 Å². The molecule has 1 aliphatic rings. The molecule has 114 valence electrons. The lowest BCUT2D eigenvalue weighted by atomic mass is 9.83. The third-order valence-corrected chi connectivity index (χ3v) is 4.63. The van der Waals surface area contributed by atoms with Crippen molar-refractivity contribution in [1.82, 2.24) is 0 Å². The summed E-state index contributed by atoms with van der Waals surface area (Å²) in [5.74, 6) is -0.327.